The highest BCUT2D eigenvalue weighted by atomic mass is 16.1. The molecule has 3 atom stereocenters. The number of likely N-dealkylation sites (tertiary alicyclic amines) is 1. The average molecular weight is 303 g/mol. The van der Waals surface area contributed by atoms with Gasteiger partial charge in [-0.15, -0.1) is 0 Å². The molecule has 3 unspecified atom stereocenters. The van der Waals surface area contributed by atoms with E-state index in [4.69, 9.17) is 5.73 Å². The highest BCUT2D eigenvalue weighted by Gasteiger charge is 2.28. The van der Waals surface area contributed by atoms with Crippen LogP contribution >= 0.6 is 0 Å². The monoisotopic (exact) mass is 303 g/mol. The third-order valence-electron chi connectivity index (χ3n) is 4.40. The van der Waals surface area contributed by atoms with Crippen LogP contribution in [0.2, 0.25) is 0 Å². The molecule has 0 bridgehead atoms. The molecule has 3 N–H and O–H groups in total. The number of nitrogens with one attached hydrogen (secondary N) is 1. The number of hydrogen-bond acceptors (Lipinski definition) is 3. The molecule has 0 spiro atoms. The molecule has 122 valence electrons. The second-order valence-corrected chi connectivity index (χ2v) is 6.69. The van der Waals surface area contributed by atoms with Crippen LogP contribution in [-0.2, 0) is 11.3 Å². The van der Waals surface area contributed by atoms with Crippen LogP contribution in [0.1, 0.15) is 38.7 Å². The molecule has 1 heterocycles. The van der Waals surface area contributed by atoms with E-state index in [1.54, 1.807) is 0 Å². The van der Waals surface area contributed by atoms with Gasteiger partial charge in [-0.05, 0) is 38.2 Å². The summed E-state index contributed by atoms with van der Waals surface area (Å²) in [4.78, 5) is 14.1. The minimum Gasteiger partial charge on any atom is -0.356 e. The third-order valence-corrected chi connectivity index (χ3v) is 4.40. The van der Waals surface area contributed by atoms with Crippen LogP contribution in [0.4, 0.5) is 0 Å². The average Bonchev–Trinajstić information content (AvgIpc) is 2.79. The fourth-order valence-corrected chi connectivity index (χ4v) is 3.25. The van der Waals surface area contributed by atoms with E-state index < -0.39 is 0 Å². The highest BCUT2D eigenvalue weighted by molar-refractivity contribution is 5.76. The van der Waals surface area contributed by atoms with Gasteiger partial charge in [-0.3, -0.25) is 9.69 Å². The van der Waals surface area contributed by atoms with E-state index in [1.807, 2.05) is 6.92 Å². The second kappa shape index (κ2) is 8.30. The summed E-state index contributed by atoms with van der Waals surface area (Å²) in [5.74, 6) is 0.747. The molecule has 0 aliphatic carbocycles. The van der Waals surface area contributed by atoms with E-state index in [0.29, 0.717) is 18.4 Å². The molecule has 1 amide bonds. The van der Waals surface area contributed by atoms with Crippen molar-refractivity contribution in [1.82, 2.24) is 10.2 Å². The summed E-state index contributed by atoms with van der Waals surface area (Å²) < 4.78 is 0. The standard InChI is InChI=1S/C18H29N3O/c1-14(19)10-18(22)20-9-8-17-11-15(2)21(13-17)12-16-6-4-3-5-7-16/h3-7,14-15,17H,8-13,19H2,1-2H3,(H,20,22). The van der Waals surface area contributed by atoms with Crippen molar-refractivity contribution in [2.45, 2.75) is 51.7 Å². The summed E-state index contributed by atoms with van der Waals surface area (Å²) in [5.41, 5.74) is 7.00. The number of nitrogens with zero attached hydrogens (tertiary/aromatic N) is 1. The Balaban J connectivity index is 1.71. The lowest BCUT2D eigenvalue weighted by Crippen LogP contribution is -2.31. The molecule has 0 aromatic heterocycles. The maximum Gasteiger partial charge on any atom is 0.221 e. The largest absolute Gasteiger partial charge is 0.356 e. The van der Waals surface area contributed by atoms with Gasteiger partial charge in [0.25, 0.3) is 0 Å². The highest BCUT2D eigenvalue weighted by Crippen LogP contribution is 2.26. The van der Waals surface area contributed by atoms with Gasteiger partial charge in [0.2, 0.25) is 5.91 Å². The molecule has 1 aliphatic rings. The van der Waals surface area contributed by atoms with E-state index in [-0.39, 0.29) is 11.9 Å². The Morgan fingerprint density at radius 3 is 2.82 bits per heavy atom. The normalized spacial score (nSPS) is 23.4. The first-order chi connectivity index (χ1) is 10.5. The van der Waals surface area contributed by atoms with E-state index in [0.717, 1.165) is 26.1 Å². The molecule has 2 rings (SSSR count). The molecule has 1 aromatic carbocycles. The number of hydrogen-bond donors (Lipinski definition) is 2. The Labute approximate surface area is 134 Å². The van der Waals surface area contributed by atoms with E-state index in [9.17, 15) is 4.79 Å². The topological polar surface area (TPSA) is 58.4 Å². The van der Waals surface area contributed by atoms with Gasteiger partial charge in [0.05, 0.1) is 0 Å². The summed E-state index contributed by atoms with van der Waals surface area (Å²) in [7, 11) is 0. The first kappa shape index (κ1) is 17.0. The van der Waals surface area contributed by atoms with Crippen LogP contribution in [0.15, 0.2) is 30.3 Å². The van der Waals surface area contributed by atoms with Gasteiger partial charge >= 0.3 is 0 Å². The Hall–Kier alpha value is -1.39. The summed E-state index contributed by atoms with van der Waals surface area (Å²) in [6.45, 7) is 7.08. The van der Waals surface area contributed by atoms with Gasteiger partial charge in [-0.25, -0.2) is 0 Å². The van der Waals surface area contributed by atoms with E-state index >= 15 is 0 Å². The Kier molecular flexibility index (Phi) is 6.40. The third kappa shape index (κ3) is 5.43. The molecule has 1 fully saturated rings. The lowest BCUT2D eigenvalue weighted by molar-refractivity contribution is -0.121. The van der Waals surface area contributed by atoms with E-state index in [1.165, 1.54) is 12.0 Å². The van der Waals surface area contributed by atoms with Crippen molar-refractivity contribution in [2.24, 2.45) is 11.7 Å². The van der Waals surface area contributed by atoms with Crippen LogP contribution < -0.4 is 11.1 Å². The second-order valence-electron chi connectivity index (χ2n) is 6.69. The quantitative estimate of drug-likeness (QED) is 0.811. The van der Waals surface area contributed by atoms with Gasteiger partial charge in [-0.1, -0.05) is 30.3 Å². The molecule has 1 aliphatic heterocycles. The predicted octanol–water partition coefficient (Wildman–Crippen LogP) is 2.14. The molecule has 22 heavy (non-hydrogen) atoms. The number of rotatable bonds is 7. The molecule has 4 nitrogen and oxygen atoms in total. The van der Waals surface area contributed by atoms with Gasteiger partial charge in [-0.2, -0.15) is 0 Å². The van der Waals surface area contributed by atoms with Crippen molar-refractivity contribution in [3.05, 3.63) is 35.9 Å². The number of amides is 1. The number of carbonyl (C=O) groups excluding carboxylic acids is 1. The van der Waals surface area contributed by atoms with Crippen molar-refractivity contribution in [2.75, 3.05) is 13.1 Å². The van der Waals surface area contributed by atoms with Crippen molar-refractivity contribution in [1.29, 1.82) is 0 Å². The maximum absolute atomic E-state index is 11.6. The molecule has 1 saturated heterocycles. The first-order valence-electron chi connectivity index (χ1n) is 8.35. The van der Waals surface area contributed by atoms with Crippen LogP contribution in [0, 0.1) is 5.92 Å². The lowest BCUT2D eigenvalue weighted by atomic mass is 10.0. The van der Waals surface area contributed by atoms with Crippen molar-refractivity contribution in [3.63, 3.8) is 0 Å². The van der Waals surface area contributed by atoms with Gasteiger partial charge < -0.3 is 11.1 Å². The lowest BCUT2D eigenvalue weighted by Gasteiger charge is -2.21. The molecule has 1 aromatic rings. The molecular weight excluding hydrogens is 274 g/mol. The Morgan fingerprint density at radius 2 is 2.14 bits per heavy atom. The van der Waals surface area contributed by atoms with Crippen LogP contribution in [0.5, 0.6) is 0 Å². The zero-order valence-corrected chi connectivity index (χ0v) is 13.8. The summed E-state index contributed by atoms with van der Waals surface area (Å²) in [5, 5.41) is 2.98. The first-order valence-corrected chi connectivity index (χ1v) is 8.35. The fraction of sp³-hybridized carbons (Fsp3) is 0.611. The Bertz CT molecular complexity index is 461. The fourth-order valence-electron chi connectivity index (χ4n) is 3.25. The van der Waals surface area contributed by atoms with Gasteiger partial charge in [0.1, 0.15) is 0 Å². The number of nitrogens with two attached hydrogens (primary N) is 1. The maximum atomic E-state index is 11.6. The molecular formula is C18H29N3O. The van der Waals surface area contributed by atoms with Crippen LogP contribution in [0.3, 0.4) is 0 Å². The molecule has 4 heteroatoms. The smallest absolute Gasteiger partial charge is 0.221 e. The Morgan fingerprint density at radius 1 is 1.41 bits per heavy atom. The molecule has 0 radical (unpaired) electrons. The SMILES string of the molecule is CC(N)CC(=O)NCCC1CC(C)N(Cc2ccccc2)C1. The number of carbonyl (C=O) groups is 1. The summed E-state index contributed by atoms with van der Waals surface area (Å²) in [6.07, 6.45) is 2.69. The minimum atomic E-state index is -0.0622. The van der Waals surface area contributed by atoms with E-state index in [2.05, 4.69) is 47.5 Å². The predicted molar refractivity (Wildman–Crippen MR) is 90.3 cm³/mol. The summed E-state index contributed by atoms with van der Waals surface area (Å²) in [6, 6.07) is 11.2. The minimum absolute atomic E-state index is 0.0622. The zero-order valence-electron chi connectivity index (χ0n) is 13.8. The van der Waals surface area contributed by atoms with Crippen LogP contribution in [0.25, 0.3) is 0 Å². The van der Waals surface area contributed by atoms with Gasteiger partial charge in [0, 0.05) is 38.1 Å². The van der Waals surface area contributed by atoms with Crippen molar-refractivity contribution < 1.29 is 4.79 Å². The summed E-state index contributed by atoms with van der Waals surface area (Å²) >= 11 is 0. The molecule has 0 saturated carbocycles. The van der Waals surface area contributed by atoms with Gasteiger partial charge in [0.15, 0.2) is 0 Å². The van der Waals surface area contributed by atoms with Crippen molar-refractivity contribution in [3.8, 4) is 0 Å². The number of benzene rings is 1. The zero-order chi connectivity index (χ0) is 15.9. The van der Waals surface area contributed by atoms with Crippen molar-refractivity contribution >= 4 is 5.91 Å². The van der Waals surface area contributed by atoms with Crippen LogP contribution in [-0.4, -0.2) is 36.0 Å².